The minimum Gasteiger partial charge on any atom is -0.385 e. The lowest BCUT2D eigenvalue weighted by Crippen LogP contribution is -2.55. The van der Waals surface area contributed by atoms with Crippen molar-refractivity contribution in [1.29, 1.82) is 0 Å². The van der Waals surface area contributed by atoms with Gasteiger partial charge in [-0.25, -0.2) is 0 Å². The number of hydrogen-bond acceptors (Lipinski definition) is 5. The van der Waals surface area contributed by atoms with Crippen LogP contribution in [0.15, 0.2) is 30.3 Å². The number of fused-ring (bicyclic) bond motifs is 1. The molecule has 116 valence electrons. The lowest BCUT2D eigenvalue weighted by atomic mass is 10.00. The van der Waals surface area contributed by atoms with Gasteiger partial charge in [0, 0.05) is 0 Å². The van der Waals surface area contributed by atoms with Gasteiger partial charge in [0.1, 0.15) is 18.3 Å². The summed E-state index contributed by atoms with van der Waals surface area (Å²) < 4.78 is 23.0. The zero-order chi connectivity index (χ0) is 15.0. The Hall–Kier alpha value is -0.980. The smallest absolute Gasteiger partial charge is 0.186 e. The molecule has 0 aromatic heterocycles. The Morgan fingerprint density at radius 3 is 2.52 bits per heavy atom. The van der Waals surface area contributed by atoms with Crippen molar-refractivity contribution in [2.24, 2.45) is 0 Å². The highest BCUT2D eigenvalue weighted by atomic mass is 16.8. The first-order valence-corrected chi connectivity index (χ1v) is 7.31. The van der Waals surface area contributed by atoms with Gasteiger partial charge < -0.3 is 24.1 Å². The minimum atomic E-state index is -0.864. The van der Waals surface area contributed by atoms with Crippen LogP contribution in [0.4, 0.5) is 0 Å². The summed E-state index contributed by atoms with van der Waals surface area (Å²) in [5.41, 5.74) is 1.03. The van der Waals surface area contributed by atoms with Gasteiger partial charge in [-0.1, -0.05) is 30.3 Å². The number of ether oxygens (including phenoxy) is 4. The van der Waals surface area contributed by atoms with Crippen molar-refractivity contribution < 1.29 is 24.1 Å². The molecule has 0 saturated carbocycles. The third-order valence-electron chi connectivity index (χ3n) is 3.85. The number of hydrogen-bond donors (Lipinski definition) is 1. The Morgan fingerprint density at radius 2 is 1.81 bits per heavy atom. The van der Waals surface area contributed by atoms with Gasteiger partial charge in [-0.05, 0) is 26.3 Å². The summed E-state index contributed by atoms with van der Waals surface area (Å²) in [6.45, 7) is 5.97. The van der Waals surface area contributed by atoms with Crippen LogP contribution in [-0.2, 0) is 25.6 Å². The van der Waals surface area contributed by atoms with Crippen molar-refractivity contribution in [3.63, 3.8) is 0 Å². The second-order valence-electron chi connectivity index (χ2n) is 6.06. The Bertz CT molecular complexity index is 475. The zero-order valence-corrected chi connectivity index (χ0v) is 12.6. The van der Waals surface area contributed by atoms with E-state index in [0.717, 1.165) is 5.56 Å². The van der Waals surface area contributed by atoms with Crippen LogP contribution < -0.4 is 0 Å². The van der Waals surface area contributed by atoms with E-state index in [9.17, 15) is 5.11 Å². The van der Waals surface area contributed by atoms with Gasteiger partial charge in [0.2, 0.25) is 0 Å². The van der Waals surface area contributed by atoms with E-state index >= 15 is 0 Å². The van der Waals surface area contributed by atoms with Crippen LogP contribution in [0, 0.1) is 0 Å². The summed E-state index contributed by atoms with van der Waals surface area (Å²) in [6, 6.07) is 9.80. The highest BCUT2D eigenvalue weighted by Crippen LogP contribution is 2.37. The molecule has 2 aliphatic heterocycles. The highest BCUT2D eigenvalue weighted by molar-refractivity contribution is 5.13. The van der Waals surface area contributed by atoms with Gasteiger partial charge >= 0.3 is 0 Å². The maximum Gasteiger partial charge on any atom is 0.186 e. The molecule has 5 heteroatoms. The minimum absolute atomic E-state index is 0.194. The number of aliphatic hydroxyl groups is 1. The van der Waals surface area contributed by atoms with Crippen molar-refractivity contribution in [2.75, 3.05) is 0 Å². The zero-order valence-electron chi connectivity index (χ0n) is 12.6. The fourth-order valence-corrected chi connectivity index (χ4v) is 2.86. The summed E-state index contributed by atoms with van der Waals surface area (Å²) in [5, 5.41) is 10.4. The molecule has 0 unspecified atom stereocenters. The topological polar surface area (TPSA) is 57.2 Å². The largest absolute Gasteiger partial charge is 0.385 e. The molecule has 1 aromatic rings. The van der Waals surface area contributed by atoms with Gasteiger partial charge in [0.15, 0.2) is 12.1 Å². The monoisotopic (exact) mass is 294 g/mol. The molecule has 2 heterocycles. The average Bonchev–Trinajstić information content (AvgIpc) is 2.79. The van der Waals surface area contributed by atoms with Crippen molar-refractivity contribution in [3.05, 3.63) is 35.9 Å². The van der Waals surface area contributed by atoms with Gasteiger partial charge in [0.05, 0.1) is 12.7 Å². The molecular weight excluding hydrogens is 272 g/mol. The molecule has 2 aliphatic rings. The van der Waals surface area contributed by atoms with Crippen LogP contribution in [0.25, 0.3) is 0 Å². The number of benzene rings is 1. The van der Waals surface area contributed by atoms with E-state index in [1.807, 2.05) is 51.1 Å². The van der Waals surface area contributed by atoms with Gasteiger partial charge in [-0.3, -0.25) is 0 Å². The Balaban J connectivity index is 1.65. The predicted molar refractivity (Wildman–Crippen MR) is 75.4 cm³/mol. The first kappa shape index (κ1) is 14.9. The Labute approximate surface area is 124 Å². The van der Waals surface area contributed by atoms with Crippen molar-refractivity contribution >= 4 is 0 Å². The molecule has 0 amide bonds. The van der Waals surface area contributed by atoms with Crippen LogP contribution in [0.3, 0.4) is 0 Å². The lowest BCUT2D eigenvalue weighted by molar-refractivity contribution is -0.277. The molecule has 1 aromatic carbocycles. The van der Waals surface area contributed by atoms with E-state index < -0.39 is 24.3 Å². The third kappa shape index (κ3) is 3.12. The second kappa shape index (κ2) is 5.66. The van der Waals surface area contributed by atoms with E-state index in [-0.39, 0.29) is 12.2 Å². The molecule has 1 N–H and O–H groups in total. The molecular formula is C16H22O5. The molecule has 0 bridgehead atoms. The fourth-order valence-electron chi connectivity index (χ4n) is 2.86. The molecule has 0 aliphatic carbocycles. The van der Waals surface area contributed by atoms with Crippen LogP contribution in [-0.4, -0.2) is 41.6 Å². The van der Waals surface area contributed by atoms with E-state index in [1.165, 1.54) is 0 Å². The normalized spacial score (nSPS) is 38.2. The summed E-state index contributed by atoms with van der Waals surface area (Å²) in [6.07, 6.45) is -2.47. The van der Waals surface area contributed by atoms with Gasteiger partial charge in [0.25, 0.3) is 0 Å². The molecule has 3 rings (SSSR count). The average molecular weight is 294 g/mol. The van der Waals surface area contributed by atoms with Crippen LogP contribution in [0.1, 0.15) is 26.3 Å². The van der Waals surface area contributed by atoms with Crippen molar-refractivity contribution in [2.45, 2.75) is 63.9 Å². The van der Waals surface area contributed by atoms with Crippen LogP contribution in [0.2, 0.25) is 0 Å². The third-order valence-corrected chi connectivity index (χ3v) is 3.85. The molecule has 5 nitrogen and oxygen atoms in total. The predicted octanol–water partition coefficient (Wildman–Crippen LogP) is 1.83. The fraction of sp³-hybridized carbons (Fsp3) is 0.625. The van der Waals surface area contributed by atoms with Crippen LogP contribution in [0.5, 0.6) is 0 Å². The van der Waals surface area contributed by atoms with Crippen LogP contribution >= 0.6 is 0 Å². The first-order chi connectivity index (χ1) is 9.96. The van der Waals surface area contributed by atoms with E-state index in [4.69, 9.17) is 18.9 Å². The van der Waals surface area contributed by atoms with E-state index in [2.05, 4.69) is 0 Å². The number of rotatable bonds is 3. The second-order valence-corrected chi connectivity index (χ2v) is 6.06. The Morgan fingerprint density at radius 1 is 1.14 bits per heavy atom. The Kier molecular flexibility index (Phi) is 4.03. The highest BCUT2D eigenvalue weighted by Gasteiger charge is 2.53. The molecule has 5 atom stereocenters. The maximum atomic E-state index is 10.4. The summed E-state index contributed by atoms with van der Waals surface area (Å²) in [5.74, 6) is -0.706. The van der Waals surface area contributed by atoms with E-state index in [0.29, 0.717) is 6.61 Å². The summed E-state index contributed by atoms with van der Waals surface area (Å²) >= 11 is 0. The first-order valence-electron chi connectivity index (χ1n) is 7.31. The molecule has 0 spiro atoms. The maximum absolute atomic E-state index is 10.4. The summed E-state index contributed by atoms with van der Waals surface area (Å²) in [7, 11) is 0. The van der Waals surface area contributed by atoms with E-state index in [1.54, 1.807) is 0 Å². The van der Waals surface area contributed by atoms with Gasteiger partial charge in [-0.15, -0.1) is 0 Å². The van der Waals surface area contributed by atoms with Gasteiger partial charge in [-0.2, -0.15) is 0 Å². The number of aliphatic hydroxyl groups excluding tert-OH is 1. The SMILES string of the molecule is C[C@H]1O[C@H](OCc2ccccc2)[C@H](O)[C@@H]2OC(C)(C)O[C@@H]21. The summed E-state index contributed by atoms with van der Waals surface area (Å²) in [4.78, 5) is 0. The molecule has 21 heavy (non-hydrogen) atoms. The molecule has 2 saturated heterocycles. The molecule has 2 fully saturated rings. The van der Waals surface area contributed by atoms with Crippen molar-refractivity contribution in [3.8, 4) is 0 Å². The standard InChI is InChI=1S/C16H22O5/c1-10-13-14(21-16(2,3)20-13)12(17)15(19-10)18-9-11-7-5-4-6-8-11/h4-8,10,12-15,17H,9H2,1-3H3/t10-,12-,13-,14+,15+/m1/s1. The lowest BCUT2D eigenvalue weighted by Gasteiger charge is -2.38. The quantitative estimate of drug-likeness (QED) is 0.921. The van der Waals surface area contributed by atoms with Crippen molar-refractivity contribution in [1.82, 2.24) is 0 Å². The molecule has 0 radical (unpaired) electrons.